The van der Waals surface area contributed by atoms with Crippen molar-refractivity contribution in [1.82, 2.24) is 4.72 Å². The third-order valence-corrected chi connectivity index (χ3v) is 7.83. The fourth-order valence-electron chi connectivity index (χ4n) is 4.69. The molecule has 0 saturated heterocycles. The van der Waals surface area contributed by atoms with Crippen molar-refractivity contribution < 1.29 is 8.42 Å². The van der Waals surface area contributed by atoms with Crippen molar-refractivity contribution in [2.75, 3.05) is 5.32 Å². The maximum Gasteiger partial charge on any atom is 0.241 e. The van der Waals surface area contributed by atoms with Crippen LogP contribution in [0.4, 0.5) is 5.69 Å². The van der Waals surface area contributed by atoms with Crippen LogP contribution in [0.3, 0.4) is 0 Å². The van der Waals surface area contributed by atoms with Crippen LogP contribution in [-0.4, -0.2) is 14.5 Å². The third kappa shape index (κ3) is 3.91. The lowest BCUT2D eigenvalue weighted by molar-refractivity contribution is 0.394. The molecular weight excluding hydrogens is 404 g/mol. The van der Waals surface area contributed by atoms with Gasteiger partial charge in [0.2, 0.25) is 10.0 Å². The number of rotatable bonds is 4. The number of nitrogens with one attached hydrogen (secondary N) is 2. The molecule has 0 bridgehead atoms. The minimum Gasteiger partial charge on any atom is -0.381 e. The van der Waals surface area contributed by atoms with Crippen molar-refractivity contribution >= 4 is 21.8 Å². The molecule has 3 aromatic carbocycles. The summed E-state index contributed by atoms with van der Waals surface area (Å²) in [5, 5.41) is 3.67. The Bertz CT molecular complexity index is 1230. The van der Waals surface area contributed by atoms with E-state index in [1.807, 2.05) is 49.4 Å². The van der Waals surface area contributed by atoms with Crippen LogP contribution in [0.25, 0.3) is 6.08 Å². The lowest BCUT2D eigenvalue weighted by atomic mass is 9.78. The van der Waals surface area contributed by atoms with E-state index in [-0.39, 0.29) is 18.0 Å². The molecule has 158 valence electrons. The van der Waals surface area contributed by atoms with Crippen LogP contribution < -0.4 is 10.0 Å². The summed E-state index contributed by atoms with van der Waals surface area (Å²) in [6, 6.07) is 23.2. The minimum atomic E-state index is -3.66. The van der Waals surface area contributed by atoms with E-state index in [4.69, 9.17) is 0 Å². The first-order valence-corrected chi connectivity index (χ1v) is 12.2. The number of hydrogen-bond donors (Lipinski definition) is 2. The highest BCUT2D eigenvalue weighted by Crippen LogP contribution is 2.39. The van der Waals surface area contributed by atoms with Crippen LogP contribution >= 0.6 is 0 Å². The summed E-state index contributed by atoms with van der Waals surface area (Å²) in [6.07, 6.45) is 6.23. The van der Waals surface area contributed by atoms with Crippen molar-refractivity contribution in [1.29, 1.82) is 0 Å². The van der Waals surface area contributed by atoms with Gasteiger partial charge in [-0.05, 0) is 54.7 Å². The molecule has 2 aliphatic rings. The van der Waals surface area contributed by atoms with Crippen LogP contribution in [0.1, 0.15) is 34.7 Å². The number of aryl methyl sites for hydroxylation is 2. The smallest absolute Gasteiger partial charge is 0.241 e. The normalized spacial score (nSPS) is 22.3. The van der Waals surface area contributed by atoms with E-state index >= 15 is 0 Å². The Morgan fingerprint density at radius 1 is 0.935 bits per heavy atom. The van der Waals surface area contributed by atoms with Gasteiger partial charge in [-0.2, -0.15) is 0 Å². The molecule has 31 heavy (non-hydrogen) atoms. The zero-order valence-corrected chi connectivity index (χ0v) is 18.3. The first-order valence-electron chi connectivity index (χ1n) is 10.7. The largest absolute Gasteiger partial charge is 0.381 e. The molecule has 0 amide bonds. The van der Waals surface area contributed by atoms with E-state index in [9.17, 15) is 8.42 Å². The topological polar surface area (TPSA) is 58.2 Å². The SMILES string of the molecule is Cc1ccc(S(=O)(=O)N[C@H]2c3ccccc3C=C[C@H]2C2CCc3ccccc3N2)cc1. The molecular formula is C26H26N2O2S. The monoisotopic (exact) mass is 430 g/mol. The van der Waals surface area contributed by atoms with Crippen molar-refractivity contribution in [3.05, 3.63) is 101 Å². The number of sulfonamides is 1. The highest BCUT2D eigenvalue weighted by molar-refractivity contribution is 7.89. The van der Waals surface area contributed by atoms with Crippen LogP contribution in [0.2, 0.25) is 0 Å². The van der Waals surface area contributed by atoms with Crippen molar-refractivity contribution in [3.63, 3.8) is 0 Å². The maximum absolute atomic E-state index is 13.3. The second-order valence-electron chi connectivity index (χ2n) is 8.42. The number of fused-ring (bicyclic) bond motifs is 2. The predicted molar refractivity (Wildman–Crippen MR) is 125 cm³/mol. The zero-order chi connectivity index (χ0) is 21.4. The Morgan fingerprint density at radius 3 is 2.52 bits per heavy atom. The highest BCUT2D eigenvalue weighted by atomic mass is 32.2. The molecule has 1 heterocycles. The Balaban J connectivity index is 1.50. The molecule has 3 aromatic rings. The molecule has 0 fully saturated rings. The third-order valence-electron chi connectivity index (χ3n) is 6.37. The van der Waals surface area contributed by atoms with Crippen LogP contribution in [-0.2, 0) is 16.4 Å². The summed E-state index contributed by atoms with van der Waals surface area (Å²) >= 11 is 0. The molecule has 5 heteroatoms. The van der Waals surface area contributed by atoms with E-state index in [0.29, 0.717) is 4.90 Å². The Morgan fingerprint density at radius 2 is 1.68 bits per heavy atom. The average molecular weight is 431 g/mol. The lowest BCUT2D eigenvalue weighted by Gasteiger charge is -2.38. The summed E-state index contributed by atoms with van der Waals surface area (Å²) in [6.45, 7) is 1.95. The molecule has 0 radical (unpaired) electrons. The van der Waals surface area contributed by atoms with E-state index in [0.717, 1.165) is 35.2 Å². The molecule has 1 aliphatic carbocycles. The van der Waals surface area contributed by atoms with Gasteiger partial charge in [-0.15, -0.1) is 0 Å². The van der Waals surface area contributed by atoms with Crippen LogP contribution in [0.15, 0.2) is 83.8 Å². The molecule has 0 spiro atoms. The van der Waals surface area contributed by atoms with Crippen LogP contribution in [0.5, 0.6) is 0 Å². The summed E-state index contributed by atoms with van der Waals surface area (Å²) in [7, 11) is -3.66. The quantitative estimate of drug-likeness (QED) is 0.607. The van der Waals surface area contributed by atoms with Crippen molar-refractivity contribution in [2.24, 2.45) is 5.92 Å². The fraction of sp³-hybridized carbons (Fsp3) is 0.231. The second-order valence-corrected chi connectivity index (χ2v) is 10.1. The number of hydrogen-bond acceptors (Lipinski definition) is 3. The van der Waals surface area contributed by atoms with Gasteiger partial charge in [0.1, 0.15) is 0 Å². The Hall–Kier alpha value is -2.89. The highest BCUT2D eigenvalue weighted by Gasteiger charge is 2.36. The first kappa shape index (κ1) is 20.0. The van der Waals surface area contributed by atoms with Crippen molar-refractivity contribution in [2.45, 2.75) is 36.7 Å². The van der Waals surface area contributed by atoms with Crippen molar-refractivity contribution in [3.8, 4) is 0 Å². The second kappa shape index (κ2) is 7.98. The van der Waals surface area contributed by atoms with Gasteiger partial charge in [0.05, 0.1) is 10.9 Å². The summed E-state index contributed by atoms with van der Waals surface area (Å²) in [4.78, 5) is 0.297. The van der Waals surface area contributed by atoms with E-state index in [1.54, 1.807) is 12.1 Å². The van der Waals surface area contributed by atoms with Crippen LogP contribution in [0, 0.1) is 12.8 Å². The first-order chi connectivity index (χ1) is 15.0. The van der Waals surface area contributed by atoms with E-state index in [2.05, 4.69) is 40.4 Å². The molecule has 0 saturated carbocycles. The number of para-hydroxylation sites is 1. The molecule has 3 atom stereocenters. The molecule has 0 aromatic heterocycles. The van der Waals surface area contributed by atoms with Gasteiger partial charge in [-0.3, -0.25) is 0 Å². The average Bonchev–Trinajstić information content (AvgIpc) is 2.79. The number of anilines is 1. The predicted octanol–water partition coefficient (Wildman–Crippen LogP) is 5.08. The Kier molecular flexibility index (Phi) is 5.16. The number of benzene rings is 3. The van der Waals surface area contributed by atoms with E-state index in [1.165, 1.54) is 5.56 Å². The summed E-state index contributed by atoms with van der Waals surface area (Å²) in [5.41, 5.74) is 5.58. The van der Waals surface area contributed by atoms with Gasteiger partial charge < -0.3 is 5.32 Å². The minimum absolute atomic E-state index is 0.00322. The van der Waals surface area contributed by atoms with E-state index < -0.39 is 10.0 Å². The van der Waals surface area contributed by atoms with Gasteiger partial charge in [-0.25, -0.2) is 13.1 Å². The van der Waals surface area contributed by atoms with Gasteiger partial charge in [-0.1, -0.05) is 72.3 Å². The maximum atomic E-state index is 13.3. The van der Waals surface area contributed by atoms with Gasteiger partial charge >= 0.3 is 0 Å². The Labute approximate surface area is 184 Å². The van der Waals surface area contributed by atoms with Gasteiger partial charge in [0.15, 0.2) is 0 Å². The molecule has 1 aliphatic heterocycles. The summed E-state index contributed by atoms with van der Waals surface area (Å²) in [5.74, 6) is 0.00322. The molecule has 4 nitrogen and oxygen atoms in total. The van der Waals surface area contributed by atoms with Gasteiger partial charge in [0, 0.05) is 17.6 Å². The molecule has 1 unspecified atom stereocenters. The zero-order valence-electron chi connectivity index (χ0n) is 17.5. The fourth-order valence-corrected chi connectivity index (χ4v) is 5.94. The van der Waals surface area contributed by atoms with Gasteiger partial charge in [0.25, 0.3) is 0 Å². The molecule has 5 rings (SSSR count). The standard InChI is InChI=1S/C26H26N2O2S/c1-18-10-14-21(15-11-18)31(29,30)28-26-22-8-4-2-6-19(22)12-16-23(26)25-17-13-20-7-3-5-9-24(20)27-25/h2-12,14-16,23,25-28H,13,17H2,1H3/t23-,25?,26-/m0/s1. The molecule has 2 N–H and O–H groups in total. The summed E-state index contributed by atoms with van der Waals surface area (Å²) < 4.78 is 29.6. The lowest BCUT2D eigenvalue weighted by Crippen LogP contribution is -2.43.